The van der Waals surface area contributed by atoms with Crippen LogP contribution < -0.4 is 0 Å². The van der Waals surface area contributed by atoms with Crippen LogP contribution in [0.15, 0.2) is 24.0 Å². The molecule has 2 heterocycles. The highest BCUT2D eigenvalue weighted by molar-refractivity contribution is 6.03. The Hall–Kier alpha value is -1.93. The molecule has 0 saturated heterocycles. The average molecular weight is 257 g/mol. The van der Waals surface area contributed by atoms with E-state index in [-0.39, 0.29) is 11.4 Å². The molecule has 1 atom stereocenters. The smallest absolute Gasteiger partial charge is 0.178 e. The highest BCUT2D eigenvalue weighted by atomic mass is 16.5. The molecular weight excluding hydrogens is 242 g/mol. The summed E-state index contributed by atoms with van der Waals surface area (Å²) in [6.45, 7) is 4.70. The van der Waals surface area contributed by atoms with Crippen molar-refractivity contribution in [2.24, 2.45) is 5.41 Å². The largest absolute Gasteiger partial charge is 0.371 e. The van der Waals surface area contributed by atoms with Gasteiger partial charge in [0.1, 0.15) is 18.5 Å². The first-order valence-corrected chi connectivity index (χ1v) is 6.27. The van der Waals surface area contributed by atoms with Crippen LogP contribution in [-0.2, 0) is 21.7 Å². The number of Topliss-reactive ketones (excluding diaryl/α,β-unsaturated/α-hetero) is 1. The van der Waals surface area contributed by atoms with Gasteiger partial charge in [0, 0.05) is 17.8 Å². The zero-order valence-corrected chi connectivity index (χ0v) is 11.0. The van der Waals surface area contributed by atoms with Crippen molar-refractivity contribution in [1.29, 1.82) is 5.26 Å². The summed E-state index contributed by atoms with van der Waals surface area (Å²) in [4.78, 5) is 16.5. The van der Waals surface area contributed by atoms with Crippen LogP contribution in [0.4, 0.5) is 0 Å². The number of imidazole rings is 1. The third kappa shape index (κ3) is 1.64. The molecule has 0 amide bonds. The summed E-state index contributed by atoms with van der Waals surface area (Å²) in [5.74, 6) is 0.748. The Morgan fingerprint density at radius 1 is 1.53 bits per heavy atom. The summed E-state index contributed by atoms with van der Waals surface area (Å²) >= 11 is 0. The molecule has 1 aromatic rings. The summed E-state index contributed by atoms with van der Waals surface area (Å²) in [7, 11) is 0. The van der Waals surface area contributed by atoms with Crippen LogP contribution in [-0.4, -0.2) is 21.9 Å². The summed E-state index contributed by atoms with van der Waals surface area (Å²) in [5.41, 5.74) is -0.810. The first kappa shape index (κ1) is 12.1. The van der Waals surface area contributed by atoms with Crippen LogP contribution >= 0.6 is 0 Å². The fourth-order valence-electron chi connectivity index (χ4n) is 3.16. The van der Waals surface area contributed by atoms with Gasteiger partial charge in [0.05, 0.1) is 17.7 Å². The predicted molar refractivity (Wildman–Crippen MR) is 67.0 cm³/mol. The lowest BCUT2D eigenvalue weighted by molar-refractivity contribution is -0.126. The van der Waals surface area contributed by atoms with E-state index in [1.807, 2.05) is 30.7 Å². The highest BCUT2D eigenvalue weighted by Crippen LogP contribution is 2.43. The molecule has 98 valence electrons. The molecule has 5 heteroatoms. The molecule has 3 rings (SSSR count). The number of hydrogen-bond donors (Lipinski definition) is 0. The van der Waals surface area contributed by atoms with E-state index in [4.69, 9.17) is 4.74 Å². The van der Waals surface area contributed by atoms with Crippen LogP contribution in [0.3, 0.4) is 0 Å². The van der Waals surface area contributed by atoms with E-state index in [0.29, 0.717) is 19.6 Å². The second kappa shape index (κ2) is 3.78. The average Bonchev–Trinajstić information content (AvgIpc) is 2.83. The van der Waals surface area contributed by atoms with E-state index in [2.05, 4.69) is 4.98 Å². The number of ether oxygens (including phenoxy) is 1. The first-order valence-electron chi connectivity index (χ1n) is 6.27. The fraction of sp³-hybridized carbons (Fsp3) is 0.500. The number of nitriles is 1. The molecule has 0 N–H and O–H groups in total. The van der Waals surface area contributed by atoms with E-state index >= 15 is 0 Å². The zero-order chi connectivity index (χ0) is 13.7. The number of allylic oxidation sites excluding steroid dienone is 1. The Bertz CT molecular complexity index is 621. The van der Waals surface area contributed by atoms with E-state index in [1.54, 1.807) is 12.3 Å². The summed E-state index contributed by atoms with van der Waals surface area (Å²) in [6, 6.07) is 2.03. The van der Waals surface area contributed by atoms with Gasteiger partial charge in [-0.25, -0.2) is 4.98 Å². The van der Waals surface area contributed by atoms with Crippen molar-refractivity contribution < 1.29 is 9.53 Å². The molecule has 1 aliphatic carbocycles. The van der Waals surface area contributed by atoms with Crippen LogP contribution in [0.2, 0.25) is 0 Å². The molecule has 0 bridgehead atoms. The minimum absolute atomic E-state index is 0.0899. The number of ketones is 1. The maximum Gasteiger partial charge on any atom is 0.178 e. The van der Waals surface area contributed by atoms with Gasteiger partial charge in [0.15, 0.2) is 5.78 Å². The van der Waals surface area contributed by atoms with Crippen molar-refractivity contribution in [3.8, 4) is 6.07 Å². The predicted octanol–water partition coefficient (Wildman–Crippen LogP) is 1.56. The van der Waals surface area contributed by atoms with Crippen LogP contribution in [0.5, 0.6) is 0 Å². The molecule has 1 spiro atoms. The lowest BCUT2D eigenvalue weighted by Crippen LogP contribution is -2.49. The second-order valence-electron chi connectivity index (χ2n) is 5.87. The van der Waals surface area contributed by atoms with Gasteiger partial charge in [-0.2, -0.15) is 5.26 Å². The first-order chi connectivity index (χ1) is 8.98. The molecule has 0 saturated carbocycles. The SMILES string of the molecule is CC1(C)CC2(C=C(C#N)C1=O)COCc1nccn12. The Morgan fingerprint density at radius 2 is 2.32 bits per heavy atom. The van der Waals surface area contributed by atoms with Gasteiger partial charge in [0.2, 0.25) is 0 Å². The van der Waals surface area contributed by atoms with Gasteiger partial charge in [0.25, 0.3) is 0 Å². The van der Waals surface area contributed by atoms with E-state index in [0.717, 1.165) is 5.82 Å². The van der Waals surface area contributed by atoms with Gasteiger partial charge in [-0.3, -0.25) is 4.79 Å². The maximum atomic E-state index is 12.2. The minimum Gasteiger partial charge on any atom is -0.371 e. The van der Waals surface area contributed by atoms with Gasteiger partial charge >= 0.3 is 0 Å². The lowest BCUT2D eigenvalue weighted by Gasteiger charge is -2.44. The summed E-state index contributed by atoms with van der Waals surface area (Å²) in [6.07, 6.45) is 6.00. The van der Waals surface area contributed by atoms with E-state index < -0.39 is 11.0 Å². The fourth-order valence-corrected chi connectivity index (χ4v) is 3.16. The number of aromatic nitrogens is 2. The Morgan fingerprint density at radius 3 is 3.05 bits per heavy atom. The minimum atomic E-state index is -0.567. The molecule has 0 fully saturated rings. The molecule has 1 aromatic heterocycles. The van der Waals surface area contributed by atoms with Crippen molar-refractivity contribution in [3.63, 3.8) is 0 Å². The molecule has 1 aliphatic heterocycles. The van der Waals surface area contributed by atoms with E-state index in [1.165, 1.54) is 0 Å². The van der Waals surface area contributed by atoms with Crippen molar-refractivity contribution >= 4 is 5.78 Å². The maximum absolute atomic E-state index is 12.2. The van der Waals surface area contributed by atoms with Crippen LogP contribution in [0.25, 0.3) is 0 Å². The molecule has 5 nitrogen and oxygen atoms in total. The number of carbonyl (C=O) groups is 1. The normalized spacial score (nSPS) is 28.7. The monoisotopic (exact) mass is 257 g/mol. The number of hydrogen-bond acceptors (Lipinski definition) is 4. The molecule has 0 aromatic carbocycles. The van der Waals surface area contributed by atoms with Crippen molar-refractivity contribution in [3.05, 3.63) is 29.9 Å². The molecule has 1 unspecified atom stereocenters. The van der Waals surface area contributed by atoms with E-state index in [9.17, 15) is 10.1 Å². The van der Waals surface area contributed by atoms with Crippen LogP contribution in [0.1, 0.15) is 26.1 Å². The van der Waals surface area contributed by atoms with Gasteiger partial charge in [-0.1, -0.05) is 13.8 Å². The Balaban J connectivity index is 2.20. The quantitative estimate of drug-likeness (QED) is 0.707. The third-order valence-corrected chi connectivity index (χ3v) is 3.92. The second-order valence-corrected chi connectivity index (χ2v) is 5.87. The van der Waals surface area contributed by atoms with Crippen molar-refractivity contribution in [2.45, 2.75) is 32.4 Å². The zero-order valence-electron chi connectivity index (χ0n) is 11.0. The lowest BCUT2D eigenvalue weighted by atomic mass is 9.68. The Kier molecular flexibility index (Phi) is 2.41. The number of fused-ring (bicyclic) bond motifs is 2. The molecule has 2 aliphatic rings. The standard InChI is InChI=1S/C14H15N3O2/c1-13(2)8-14(5-10(6-15)12(13)18)9-19-7-11-16-3-4-17(11)14/h3-5H,7-9H2,1-2H3. The number of rotatable bonds is 0. The van der Waals surface area contributed by atoms with Crippen LogP contribution in [0, 0.1) is 16.7 Å². The molecule has 19 heavy (non-hydrogen) atoms. The molecular formula is C14H15N3O2. The highest BCUT2D eigenvalue weighted by Gasteiger charge is 2.48. The third-order valence-electron chi connectivity index (χ3n) is 3.92. The topological polar surface area (TPSA) is 67.9 Å². The van der Waals surface area contributed by atoms with Gasteiger partial charge in [-0.15, -0.1) is 0 Å². The van der Waals surface area contributed by atoms with Gasteiger partial charge in [-0.05, 0) is 12.5 Å². The number of nitrogens with zero attached hydrogens (tertiary/aromatic N) is 3. The Labute approximate surface area is 111 Å². The summed E-state index contributed by atoms with van der Waals surface area (Å²) < 4.78 is 7.66. The van der Waals surface area contributed by atoms with Gasteiger partial charge < -0.3 is 9.30 Å². The number of carbonyl (C=O) groups excluding carboxylic acids is 1. The van der Waals surface area contributed by atoms with Crippen molar-refractivity contribution in [2.75, 3.05) is 6.61 Å². The molecule has 0 radical (unpaired) electrons. The van der Waals surface area contributed by atoms with Crippen molar-refractivity contribution in [1.82, 2.24) is 9.55 Å². The summed E-state index contributed by atoms with van der Waals surface area (Å²) in [5, 5.41) is 9.20.